The average Bonchev–Trinajstić information content (AvgIpc) is 2.43. The third-order valence-electron chi connectivity index (χ3n) is 3.24. The van der Waals surface area contributed by atoms with Gasteiger partial charge in [-0.2, -0.15) is 0 Å². The van der Waals surface area contributed by atoms with E-state index in [0.29, 0.717) is 18.1 Å². The van der Waals surface area contributed by atoms with Crippen LogP contribution in [0.3, 0.4) is 0 Å². The maximum Gasteiger partial charge on any atom is 0.333 e. The van der Waals surface area contributed by atoms with Crippen molar-refractivity contribution in [2.24, 2.45) is 5.92 Å². The summed E-state index contributed by atoms with van der Waals surface area (Å²) >= 11 is 0. The number of carbonyl (C=O) groups is 2. The van der Waals surface area contributed by atoms with Gasteiger partial charge in [-0.1, -0.05) is 45.3 Å². The molecule has 0 saturated carbocycles. The fraction of sp³-hybridized carbons (Fsp3) is 0.625. The van der Waals surface area contributed by atoms with Crippen molar-refractivity contribution >= 4 is 11.9 Å². The zero-order valence-corrected chi connectivity index (χ0v) is 12.9. The maximum atomic E-state index is 11.8. The molecule has 0 aromatic rings. The van der Waals surface area contributed by atoms with Crippen molar-refractivity contribution in [1.82, 2.24) is 0 Å². The minimum atomic E-state index is -0.993. The summed E-state index contributed by atoms with van der Waals surface area (Å²) in [6, 6.07) is 0. The van der Waals surface area contributed by atoms with E-state index in [-0.39, 0.29) is 11.5 Å². The van der Waals surface area contributed by atoms with Gasteiger partial charge in [-0.3, -0.25) is 0 Å². The zero-order valence-electron chi connectivity index (χ0n) is 12.9. The van der Waals surface area contributed by atoms with Gasteiger partial charge in [-0.25, -0.2) is 9.59 Å². The van der Waals surface area contributed by atoms with Gasteiger partial charge < -0.3 is 9.84 Å². The van der Waals surface area contributed by atoms with Crippen molar-refractivity contribution in [2.75, 3.05) is 6.61 Å². The van der Waals surface area contributed by atoms with Crippen LogP contribution in [0.15, 0.2) is 23.3 Å². The Balaban J connectivity index is 4.35. The Labute approximate surface area is 121 Å². The van der Waals surface area contributed by atoms with Crippen LogP contribution in [-0.2, 0) is 14.3 Å². The Hall–Kier alpha value is -1.58. The average molecular weight is 282 g/mol. The smallest absolute Gasteiger partial charge is 0.333 e. The molecule has 0 spiro atoms. The summed E-state index contributed by atoms with van der Waals surface area (Å²) in [6.45, 7) is 7.77. The van der Waals surface area contributed by atoms with Crippen LogP contribution in [0.25, 0.3) is 0 Å². The van der Waals surface area contributed by atoms with Crippen LogP contribution in [0.5, 0.6) is 0 Å². The lowest BCUT2D eigenvalue weighted by Crippen LogP contribution is -2.14. The molecule has 0 heterocycles. The van der Waals surface area contributed by atoms with Crippen molar-refractivity contribution in [3.63, 3.8) is 0 Å². The molecule has 0 aromatic heterocycles. The molecule has 0 fully saturated rings. The highest BCUT2D eigenvalue weighted by Crippen LogP contribution is 2.13. The number of esters is 1. The number of hydrogen-bond acceptors (Lipinski definition) is 3. The molecule has 0 aliphatic carbocycles. The van der Waals surface area contributed by atoms with Crippen LogP contribution in [0.1, 0.15) is 53.4 Å². The first-order valence-corrected chi connectivity index (χ1v) is 7.17. The molecule has 0 rings (SSSR count). The first-order valence-electron chi connectivity index (χ1n) is 7.17. The Morgan fingerprint density at radius 1 is 1.15 bits per heavy atom. The molecular formula is C16H26O4. The van der Waals surface area contributed by atoms with Gasteiger partial charge in [0.15, 0.2) is 0 Å². The lowest BCUT2D eigenvalue weighted by molar-refractivity contribution is -0.140. The number of carboxylic acids is 1. The predicted molar refractivity (Wildman–Crippen MR) is 79.4 cm³/mol. The minimum Gasteiger partial charge on any atom is -0.478 e. The van der Waals surface area contributed by atoms with E-state index >= 15 is 0 Å². The molecule has 0 radical (unpaired) electrons. The molecule has 1 unspecified atom stereocenters. The molecule has 4 heteroatoms. The van der Waals surface area contributed by atoms with Gasteiger partial charge in [0.05, 0.1) is 6.61 Å². The molecule has 0 aliphatic rings. The highest BCUT2D eigenvalue weighted by atomic mass is 16.5. The van der Waals surface area contributed by atoms with Crippen LogP contribution in [0.2, 0.25) is 0 Å². The number of ether oxygens (including phenoxy) is 1. The summed E-state index contributed by atoms with van der Waals surface area (Å²) in [5.74, 6) is -0.967. The van der Waals surface area contributed by atoms with E-state index < -0.39 is 5.97 Å². The lowest BCUT2D eigenvalue weighted by Gasteiger charge is -2.14. The van der Waals surface area contributed by atoms with Gasteiger partial charge in [0.1, 0.15) is 0 Å². The van der Waals surface area contributed by atoms with Gasteiger partial charge in [0.2, 0.25) is 0 Å². The quantitative estimate of drug-likeness (QED) is 0.397. The number of carboxylic acid groups (broad SMARTS) is 1. The van der Waals surface area contributed by atoms with E-state index in [9.17, 15) is 9.59 Å². The summed E-state index contributed by atoms with van der Waals surface area (Å²) < 4.78 is 5.26. The highest BCUT2D eigenvalue weighted by molar-refractivity contribution is 5.89. The molecule has 1 atom stereocenters. The second-order valence-corrected chi connectivity index (χ2v) is 5.02. The second kappa shape index (κ2) is 10.2. The minimum absolute atomic E-state index is 0.187. The number of rotatable bonds is 9. The topological polar surface area (TPSA) is 63.6 Å². The van der Waals surface area contributed by atoms with Crippen LogP contribution in [0, 0.1) is 5.92 Å². The van der Waals surface area contributed by atoms with Crippen molar-refractivity contribution in [3.05, 3.63) is 23.3 Å². The van der Waals surface area contributed by atoms with Crippen molar-refractivity contribution < 1.29 is 19.4 Å². The molecule has 0 aromatic carbocycles. The number of hydrogen-bond donors (Lipinski definition) is 1. The first-order chi connectivity index (χ1) is 9.42. The van der Waals surface area contributed by atoms with E-state index in [1.165, 1.54) is 19.1 Å². The Morgan fingerprint density at radius 2 is 1.75 bits per heavy atom. The standard InChI is InChI=1S/C16H26O4/c1-5-7-8-14(6-2)11-20-16(19)13(4)10-9-12(3)15(17)18/h9-10,14H,5-8,11H2,1-4H3,(H,17,18). The maximum absolute atomic E-state index is 11.8. The molecule has 4 nitrogen and oxygen atoms in total. The summed E-state index contributed by atoms with van der Waals surface area (Å²) in [6.07, 6.45) is 7.25. The number of allylic oxidation sites excluding steroid dienone is 2. The summed E-state index contributed by atoms with van der Waals surface area (Å²) in [5, 5.41) is 8.71. The number of carbonyl (C=O) groups excluding carboxylic acids is 1. The fourth-order valence-corrected chi connectivity index (χ4v) is 1.59. The molecule has 0 bridgehead atoms. The molecule has 114 valence electrons. The predicted octanol–water partition coefficient (Wildman–Crippen LogP) is 3.72. The highest BCUT2D eigenvalue weighted by Gasteiger charge is 2.11. The van der Waals surface area contributed by atoms with Crippen molar-refractivity contribution in [1.29, 1.82) is 0 Å². The normalized spacial score (nSPS) is 14.0. The summed E-state index contributed by atoms with van der Waals surface area (Å²) in [4.78, 5) is 22.4. The van der Waals surface area contributed by atoms with E-state index in [2.05, 4.69) is 13.8 Å². The fourth-order valence-electron chi connectivity index (χ4n) is 1.59. The molecule has 1 N–H and O–H groups in total. The third kappa shape index (κ3) is 7.77. The van der Waals surface area contributed by atoms with E-state index in [4.69, 9.17) is 9.84 Å². The number of aliphatic carboxylic acids is 1. The summed E-state index contributed by atoms with van der Waals surface area (Å²) in [7, 11) is 0. The van der Waals surface area contributed by atoms with Crippen LogP contribution < -0.4 is 0 Å². The van der Waals surface area contributed by atoms with Gasteiger partial charge in [0, 0.05) is 11.1 Å². The van der Waals surface area contributed by atoms with Crippen molar-refractivity contribution in [3.8, 4) is 0 Å². The van der Waals surface area contributed by atoms with E-state index in [1.807, 2.05) is 0 Å². The third-order valence-corrected chi connectivity index (χ3v) is 3.24. The van der Waals surface area contributed by atoms with E-state index in [1.54, 1.807) is 6.92 Å². The second-order valence-electron chi connectivity index (χ2n) is 5.02. The van der Waals surface area contributed by atoms with Crippen molar-refractivity contribution in [2.45, 2.75) is 53.4 Å². The lowest BCUT2D eigenvalue weighted by atomic mass is 10.0. The monoisotopic (exact) mass is 282 g/mol. The van der Waals surface area contributed by atoms with Crippen LogP contribution >= 0.6 is 0 Å². The van der Waals surface area contributed by atoms with E-state index in [0.717, 1.165) is 25.7 Å². The first kappa shape index (κ1) is 18.4. The van der Waals surface area contributed by atoms with Crippen LogP contribution in [0.4, 0.5) is 0 Å². The molecule has 0 saturated heterocycles. The molecule has 0 amide bonds. The largest absolute Gasteiger partial charge is 0.478 e. The Kier molecular flexibility index (Phi) is 9.43. The van der Waals surface area contributed by atoms with Gasteiger partial charge in [-0.05, 0) is 26.2 Å². The van der Waals surface area contributed by atoms with Gasteiger partial charge in [0.25, 0.3) is 0 Å². The van der Waals surface area contributed by atoms with Gasteiger partial charge in [-0.15, -0.1) is 0 Å². The zero-order chi connectivity index (χ0) is 15.5. The molecule has 20 heavy (non-hydrogen) atoms. The summed E-state index contributed by atoms with van der Waals surface area (Å²) in [5.41, 5.74) is 0.600. The Morgan fingerprint density at radius 3 is 2.25 bits per heavy atom. The SMILES string of the molecule is CCCCC(CC)COC(=O)C(C)=CC=C(C)C(=O)O. The molecule has 0 aliphatic heterocycles. The number of unbranched alkanes of at least 4 members (excludes halogenated alkanes) is 1. The Bertz CT molecular complexity index is 380. The molecular weight excluding hydrogens is 256 g/mol. The van der Waals surface area contributed by atoms with Crippen LogP contribution in [-0.4, -0.2) is 23.7 Å². The van der Waals surface area contributed by atoms with Gasteiger partial charge >= 0.3 is 11.9 Å².